The number of hydrogen-bond acceptors (Lipinski definition) is 3. The van der Waals surface area contributed by atoms with Crippen molar-refractivity contribution in [3.8, 4) is 0 Å². The summed E-state index contributed by atoms with van der Waals surface area (Å²) in [6.07, 6.45) is 0. The van der Waals surface area contributed by atoms with Crippen LogP contribution in [0.2, 0.25) is 10.0 Å². The van der Waals surface area contributed by atoms with E-state index in [4.69, 9.17) is 28.2 Å². The molecule has 26 heavy (non-hydrogen) atoms. The Morgan fingerprint density at radius 3 is 2.38 bits per heavy atom. The summed E-state index contributed by atoms with van der Waals surface area (Å²) in [6.45, 7) is 8.42. The van der Waals surface area contributed by atoms with E-state index in [1.165, 1.54) is 4.90 Å². The van der Waals surface area contributed by atoms with Crippen molar-refractivity contribution in [1.82, 2.24) is 14.5 Å². The van der Waals surface area contributed by atoms with E-state index in [0.717, 1.165) is 58.8 Å². The van der Waals surface area contributed by atoms with Crippen LogP contribution >= 0.6 is 35.0 Å². The van der Waals surface area contributed by atoms with E-state index < -0.39 is 0 Å². The van der Waals surface area contributed by atoms with E-state index in [9.17, 15) is 0 Å². The highest BCUT2D eigenvalue weighted by Gasteiger charge is 2.13. The number of likely N-dealkylation sites (N-methyl/N-ethyl adjacent to an activating group) is 1. The predicted molar refractivity (Wildman–Crippen MR) is 114 cm³/mol. The van der Waals surface area contributed by atoms with Gasteiger partial charge in [-0.25, -0.2) is 4.98 Å². The molecule has 0 bridgehead atoms. The van der Waals surface area contributed by atoms with E-state index >= 15 is 0 Å². The third-order valence-electron chi connectivity index (χ3n) is 4.51. The fourth-order valence-electron chi connectivity index (χ4n) is 2.97. The molecule has 1 heterocycles. The van der Waals surface area contributed by atoms with Crippen LogP contribution in [-0.2, 0) is 12.3 Å². The van der Waals surface area contributed by atoms with E-state index in [-0.39, 0.29) is 0 Å². The second kappa shape index (κ2) is 9.14. The summed E-state index contributed by atoms with van der Waals surface area (Å²) in [5.41, 5.74) is 2.11. The molecule has 3 rings (SSSR count). The lowest BCUT2D eigenvalue weighted by Gasteiger charge is -2.19. The van der Waals surface area contributed by atoms with E-state index in [1.807, 2.05) is 42.5 Å². The smallest absolute Gasteiger partial charge is 0.120 e. The van der Waals surface area contributed by atoms with Crippen molar-refractivity contribution >= 4 is 46.0 Å². The number of hydrogen-bond donors (Lipinski definition) is 0. The number of halogens is 2. The first kappa shape index (κ1) is 19.6. The fourth-order valence-corrected chi connectivity index (χ4v) is 4.10. The van der Waals surface area contributed by atoms with Crippen LogP contribution in [0.1, 0.15) is 19.7 Å². The van der Waals surface area contributed by atoms with Gasteiger partial charge >= 0.3 is 0 Å². The van der Waals surface area contributed by atoms with Gasteiger partial charge in [-0.05, 0) is 55.6 Å². The molecule has 0 spiro atoms. The molecule has 0 atom stereocenters. The van der Waals surface area contributed by atoms with Crippen LogP contribution in [0.5, 0.6) is 0 Å². The highest BCUT2D eigenvalue weighted by atomic mass is 35.5. The Kier molecular flexibility index (Phi) is 6.87. The molecule has 1 aromatic heterocycles. The standard InChI is InChI=1S/C20H23Cl2N3S/c1-3-24(4-2)11-12-25-19-13-16(22)7-10-18(19)23-20(25)14-26-17-8-5-15(21)6-9-17/h5-10,13H,3-4,11-12,14H2,1-2H3. The first-order valence-corrected chi connectivity index (χ1v) is 10.6. The van der Waals surface area contributed by atoms with Crippen molar-refractivity contribution in [2.45, 2.75) is 31.0 Å². The maximum Gasteiger partial charge on any atom is 0.120 e. The van der Waals surface area contributed by atoms with Gasteiger partial charge < -0.3 is 9.47 Å². The molecule has 0 fully saturated rings. The minimum absolute atomic E-state index is 0.749. The topological polar surface area (TPSA) is 21.1 Å². The van der Waals surface area contributed by atoms with Gasteiger partial charge in [-0.15, -0.1) is 11.8 Å². The molecule has 0 N–H and O–H groups in total. The fraction of sp³-hybridized carbons (Fsp3) is 0.350. The Labute approximate surface area is 169 Å². The molecule has 138 valence electrons. The summed E-state index contributed by atoms with van der Waals surface area (Å²) < 4.78 is 2.31. The maximum absolute atomic E-state index is 6.24. The third kappa shape index (κ3) is 4.74. The summed E-state index contributed by atoms with van der Waals surface area (Å²) >= 11 is 14.0. The number of aromatic nitrogens is 2. The molecule has 0 aliphatic carbocycles. The second-order valence-corrected chi connectivity index (χ2v) is 8.00. The number of nitrogens with zero attached hydrogens (tertiary/aromatic N) is 3. The van der Waals surface area contributed by atoms with Gasteiger partial charge in [0.25, 0.3) is 0 Å². The molecule has 0 saturated heterocycles. The molecule has 2 aromatic carbocycles. The minimum Gasteiger partial charge on any atom is -0.326 e. The average molecular weight is 408 g/mol. The van der Waals surface area contributed by atoms with Gasteiger partial charge in [0.05, 0.1) is 16.8 Å². The number of thioether (sulfide) groups is 1. The summed E-state index contributed by atoms with van der Waals surface area (Å²) in [6, 6.07) is 13.9. The van der Waals surface area contributed by atoms with Crippen LogP contribution in [-0.4, -0.2) is 34.1 Å². The molecule has 0 unspecified atom stereocenters. The molecule has 0 radical (unpaired) electrons. The second-order valence-electron chi connectivity index (χ2n) is 6.08. The molecule has 6 heteroatoms. The first-order valence-electron chi connectivity index (χ1n) is 8.86. The van der Waals surface area contributed by atoms with Gasteiger partial charge in [-0.1, -0.05) is 37.0 Å². The highest BCUT2D eigenvalue weighted by Crippen LogP contribution is 2.27. The Hall–Kier alpha value is -1.20. The molecule has 0 amide bonds. The van der Waals surface area contributed by atoms with Crippen LogP contribution in [0.15, 0.2) is 47.4 Å². The number of imidazole rings is 1. The summed E-state index contributed by atoms with van der Waals surface area (Å²) in [5, 5.41) is 1.51. The Morgan fingerprint density at radius 1 is 1.00 bits per heavy atom. The normalized spacial score (nSPS) is 11.6. The van der Waals surface area contributed by atoms with Crippen LogP contribution in [0.4, 0.5) is 0 Å². The van der Waals surface area contributed by atoms with Gasteiger partial charge in [0, 0.05) is 28.0 Å². The molecule has 0 saturated carbocycles. The number of benzene rings is 2. The monoisotopic (exact) mass is 407 g/mol. The van der Waals surface area contributed by atoms with E-state index in [2.05, 4.69) is 23.3 Å². The van der Waals surface area contributed by atoms with Gasteiger partial charge in [0.2, 0.25) is 0 Å². The lowest BCUT2D eigenvalue weighted by Crippen LogP contribution is -2.27. The van der Waals surface area contributed by atoms with Crippen molar-refractivity contribution in [2.75, 3.05) is 19.6 Å². The van der Waals surface area contributed by atoms with Crippen LogP contribution < -0.4 is 0 Å². The zero-order valence-corrected chi connectivity index (χ0v) is 17.4. The van der Waals surface area contributed by atoms with Crippen LogP contribution in [0.25, 0.3) is 11.0 Å². The van der Waals surface area contributed by atoms with Crippen LogP contribution in [0, 0.1) is 0 Å². The van der Waals surface area contributed by atoms with E-state index in [0.29, 0.717) is 0 Å². The van der Waals surface area contributed by atoms with Crippen molar-refractivity contribution in [1.29, 1.82) is 0 Å². The quantitative estimate of drug-likeness (QED) is 0.428. The predicted octanol–water partition coefficient (Wildman–Crippen LogP) is 5.98. The molecular weight excluding hydrogens is 385 g/mol. The van der Waals surface area contributed by atoms with Gasteiger partial charge in [-0.2, -0.15) is 0 Å². The number of rotatable bonds is 8. The average Bonchev–Trinajstić information content (AvgIpc) is 2.99. The van der Waals surface area contributed by atoms with Crippen LogP contribution in [0.3, 0.4) is 0 Å². The minimum atomic E-state index is 0.749. The Morgan fingerprint density at radius 2 is 1.69 bits per heavy atom. The summed E-state index contributed by atoms with van der Waals surface area (Å²) in [7, 11) is 0. The highest BCUT2D eigenvalue weighted by molar-refractivity contribution is 7.98. The zero-order chi connectivity index (χ0) is 18.5. The van der Waals surface area contributed by atoms with Crippen molar-refractivity contribution < 1.29 is 0 Å². The molecule has 3 aromatic rings. The number of fused-ring (bicyclic) bond motifs is 1. The molecular formula is C20H23Cl2N3S. The van der Waals surface area contributed by atoms with Crippen molar-refractivity contribution in [3.05, 3.63) is 58.3 Å². The Bertz CT molecular complexity index is 857. The van der Waals surface area contributed by atoms with E-state index in [1.54, 1.807) is 11.8 Å². The van der Waals surface area contributed by atoms with Crippen molar-refractivity contribution in [2.24, 2.45) is 0 Å². The molecule has 0 aliphatic heterocycles. The van der Waals surface area contributed by atoms with Gasteiger partial charge in [-0.3, -0.25) is 0 Å². The van der Waals surface area contributed by atoms with Gasteiger partial charge in [0.15, 0.2) is 0 Å². The Balaban J connectivity index is 1.84. The largest absolute Gasteiger partial charge is 0.326 e. The first-order chi connectivity index (χ1) is 12.6. The molecule has 3 nitrogen and oxygen atoms in total. The summed E-state index contributed by atoms with van der Waals surface area (Å²) in [5.74, 6) is 1.89. The third-order valence-corrected chi connectivity index (χ3v) is 6.00. The lowest BCUT2D eigenvalue weighted by atomic mass is 10.3. The molecule has 0 aliphatic rings. The maximum atomic E-state index is 6.24. The zero-order valence-electron chi connectivity index (χ0n) is 15.1. The SMILES string of the molecule is CCN(CC)CCn1c(CSc2ccc(Cl)cc2)nc2ccc(Cl)cc21. The van der Waals surface area contributed by atoms with Crippen molar-refractivity contribution in [3.63, 3.8) is 0 Å². The van der Waals surface area contributed by atoms with Gasteiger partial charge in [0.1, 0.15) is 5.82 Å². The summed E-state index contributed by atoms with van der Waals surface area (Å²) in [4.78, 5) is 8.47. The lowest BCUT2D eigenvalue weighted by molar-refractivity contribution is 0.291.